The number of nitrogens with one attached hydrogen (secondary N) is 2. The molecule has 0 aliphatic heterocycles. The van der Waals surface area contributed by atoms with E-state index in [2.05, 4.69) is 10.6 Å². The van der Waals surface area contributed by atoms with Gasteiger partial charge in [0.05, 0.1) is 6.10 Å². The molecule has 1 rings (SSSR count). The number of rotatable bonds is 3. The van der Waals surface area contributed by atoms with Crippen LogP contribution in [-0.2, 0) is 0 Å². The van der Waals surface area contributed by atoms with Crippen LogP contribution in [0.15, 0.2) is 24.3 Å². The van der Waals surface area contributed by atoms with E-state index in [0.717, 1.165) is 0 Å². The predicted molar refractivity (Wildman–Crippen MR) is 56.8 cm³/mol. The summed E-state index contributed by atoms with van der Waals surface area (Å²) < 4.78 is 0. The molecule has 15 heavy (non-hydrogen) atoms. The van der Waals surface area contributed by atoms with E-state index in [-0.39, 0.29) is 12.3 Å². The molecule has 0 spiro atoms. The van der Waals surface area contributed by atoms with E-state index >= 15 is 0 Å². The van der Waals surface area contributed by atoms with E-state index in [4.69, 9.17) is 10.2 Å². The summed E-state index contributed by atoms with van der Waals surface area (Å²) in [6.07, 6.45) is -0.583. The maximum Gasteiger partial charge on any atom is 0.319 e. The molecule has 0 aliphatic rings. The zero-order valence-electron chi connectivity index (χ0n) is 8.40. The van der Waals surface area contributed by atoms with Gasteiger partial charge in [-0.2, -0.15) is 0 Å². The molecule has 1 unspecified atom stereocenters. The van der Waals surface area contributed by atoms with Crippen molar-refractivity contribution >= 4 is 11.7 Å². The van der Waals surface area contributed by atoms with Crippen LogP contribution in [0.1, 0.15) is 6.92 Å². The molecule has 0 heterocycles. The Morgan fingerprint density at radius 1 is 1.53 bits per heavy atom. The maximum absolute atomic E-state index is 11.2. The lowest BCUT2D eigenvalue weighted by atomic mass is 10.3. The molecule has 0 saturated heterocycles. The zero-order chi connectivity index (χ0) is 11.3. The number of amides is 2. The third-order valence-corrected chi connectivity index (χ3v) is 1.66. The SMILES string of the molecule is CC(O)CNC(=O)Nc1cccc(O)c1. The Bertz CT molecular complexity index is 339. The van der Waals surface area contributed by atoms with Gasteiger partial charge in [-0.25, -0.2) is 4.79 Å². The van der Waals surface area contributed by atoms with Crippen LogP contribution >= 0.6 is 0 Å². The number of aliphatic hydroxyl groups excluding tert-OH is 1. The number of phenolic OH excluding ortho intramolecular Hbond substituents is 1. The molecule has 0 bridgehead atoms. The summed E-state index contributed by atoms with van der Waals surface area (Å²) in [4.78, 5) is 11.2. The van der Waals surface area contributed by atoms with Gasteiger partial charge in [0.25, 0.3) is 0 Å². The Morgan fingerprint density at radius 3 is 2.87 bits per heavy atom. The van der Waals surface area contributed by atoms with Gasteiger partial charge in [0, 0.05) is 18.3 Å². The average Bonchev–Trinajstić information content (AvgIpc) is 2.15. The first-order valence-electron chi connectivity index (χ1n) is 4.60. The van der Waals surface area contributed by atoms with Gasteiger partial charge in [-0.1, -0.05) is 6.07 Å². The van der Waals surface area contributed by atoms with E-state index in [0.29, 0.717) is 5.69 Å². The minimum atomic E-state index is -0.583. The van der Waals surface area contributed by atoms with Crippen LogP contribution in [0.3, 0.4) is 0 Å². The van der Waals surface area contributed by atoms with E-state index < -0.39 is 12.1 Å². The Kier molecular flexibility index (Phi) is 3.93. The molecule has 1 aromatic rings. The van der Waals surface area contributed by atoms with Crippen molar-refractivity contribution < 1.29 is 15.0 Å². The van der Waals surface area contributed by atoms with Crippen molar-refractivity contribution in [3.63, 3.8) is 0 Å². The number of aliphatic hydroxyl groups is 1. The fourth-order valence-electron chi connectivity index (χ4n) is 0.999. The van der Waals surface area contributed by atoms with E-state index in [9.17, 15) is 4.79 Å². The highest BCUT2D eigenvalue weighted by molar-refractivity contribution is 5.89. The summed E-state index contributed by atoms with van der Waals surface area (Å²) in [5, 5.41) is 23.0. The highest BCUT2D eigenvalue weighted by atomic mass is 16.3. The molecule has 5 heteroatoms. The first-order valence-corrected chi connectivity index (χ1v) is 4.60. The number of hydrogen-bond donors (Lipinski definition) is 4. The molecule has 2 amide bonds. The molecule has 0 aliphatic carbocycles. The number of phenols is 1. The van der Waals surface area contributed by atoms with Crippen LogP contribution in [-0.4, -0.2) is 28.9 Å². The minimum Gasteiger partial charge on any atom is -0.508 e. The van der Waals surface area contributed by atoms with E-state index in [1.807, 2.05) is 0 Å². The van der Waals surface area contributed by atoms with Crippen molar-refractivity contribution in [2.75, 3.05) is 11.9 Å². The summed E-state index contributed by atoms with van der Waals surface area (Å²) in [6, 6.07) is 5.81. The Balaban J connectivity index is 2.44. The second-order valence-electron chi connectivity index (χ2n) is 3.23. The summed E-state index contributed by atoms with van der Waals surface area (Å²) in [5.41, 5.74) is 0.498. The quantitative estimate of drug-likeness (QED) is 0.598. The predicted octanol–water partition coefficient (Wildman–Crippen LogP) is 0.895. The number of carbonyl (C=O) groups is 1. The van der Waals surface area contributed by atoms with Gasteiger partial charge in [-0.15, -0.1) is 0 Å². The summed E-state index contributed by atoms with van der Waals surface area (Å²) in [7, 11) is 0. The molecule has 0 fully saturated rings. The molecule has 0 aromatic heterocycles. The fourth-order valence-corrected chi connectivity index (χ4v) is 0.999. The van der Waals surface area contributed by atoms with Crippen LogP contribution in [0.25, 0.3) is 0 Å². The van der Waals surface area contributed by atoms with Crippen LogP contribution in [0, 0.1) is 0 Å². The summed E-state index contributed by atoms with van der Waals surface area (Å²) in [6.45, 7) is 1.76. The second kappa shape index (κ2) is 5.21. The third kappa shape index (κ3) is 4.33. The number of anilines is 1. The van der Waals surface area contributed by atoms with Gasteiger partial charge in [0.1, 0.15) is 5.75 Å². The number of benzene rings is 1. The lowest BCUT2D eigenvalue weighted by Gasteiger charge is -2.08. The molecule has 1 aromatic carbocycles. The molecule has 0 radical (unpaired) electrons. The van der Waals surface area contributed by atoms with Gasteiger partial charge in [-0.05, 0) is 19.1 Å². The van der Waals surface area contributed by atoms with Gasteiger partial charge in [0.15, 0.2) is 0 Å². The Hall–Kier alpha value is -1.75. The molecule has 0 saturated carbocycles. The first kappa shape index (κ1) is 11.3. The van der Waals surface area contributed by atoms with Gasteiger partial charge in [0.2, 0.25) is 0 Å². The largest absolute Gasteiger partial charge is 0.508 e. The van der Waals surface area contributed by atoms with Crippen molar-refractivity contribution in [1.29, 1.82) is 0 Å². The van der Waals surface area contributed by atoms with Crippen LogP contribution in [0.5, 0.6) is 5.75 Å². The maximum atomic E-state index is 11.2. The zero-order valence-corrected chi connectivity index (χ0v) is 8.40. The summed E-state index contributed by atoms with van der Waals surface area (Å²) in [5.74, 6) is 0.0864. The van der Waals surface area contributed by atoms with E-state index in [1.165, 1.54) is 12.1 Å². The van der Waals surface area contributed by atoms with Crippen LogP contribution < -0.4 is 10.6 Å². The van der Waals surface area contributed by atoms with Gasteiger partial charge < -0.3 is 20.8 Å². The first-order chi connectivity index (χ1) is 7.08. The molecule has 4 N–H and O–H groups in total. The highest BCUT2D eigenvalue weighted by Gasteiger charge is 2.02. The Morgan fingerprint density at radius 2 is 2.27 bits per heavy atom. The number of aromatic hydroxyl groups is 1. The average molecular weight is 210 g/mol. The van der Waals surface area contributed by atoms with Crippen molar-refractivity contribution in [2.45, 2.75) is 13.0 Å². The molecule has 5 nitrogen and oxygen atoms in total. The topological polar surface area (TPSA) is 81.6 Å². The number of urea groups is 1. The van der Waals surface area contributed by atoms with Crippen LogP contribution in [0.4, 0.5) is 10.5 Å². The minimum absolute atomic E-state index is 0.0864. The molecular weight excluding hydrogens is 196 g/mol. The summed E-state index contributed by atoms with van der Waals surface area (Å²) >= 11 is 0. The number of carbonyl (C=O) groups excluding carboxylic acids is 1. The molecular formula is C10H14N2O3. The van der Waals surface area contributed by atoms with Gasteiger partial charge >= 0.3 is 6.03 Å². The normalized spacial score (nSPS) is 11.9. The van der Waals surface area contributed by atoms with Crippen molar-refractivity contribution in [3.05, 3.63) is 24.3 Å². The highest BCUT2D eigenvalue weighted by Crippen LogP contribution is 2.14. The van der Waals surface area contributed by atoms with Crippen molar-refractivity contribution in [1.82, 2.24) is 5.32 Å². The third-order valence-electron chi connectivity index (χ3n) is 1.66. The number of hydrogen-bond acceptors (Lipinski definition) is 3. The lowest BCUT2D eigenvalue weighted by Crippen LogP contribution is -2.34. The van der Waals surface area contributed by atoms with E-state index in [1.54, 1.807) is 19.1 Å². The Labute approximate surface area is 87.7 Å². The van der Waals surface area contributed by atoms with Crippen molar-refractivity contribution in [3.8, 4) is 5.75 Å². The van der Waals surface area contributed by atoms with Crippen LogP contribution in [0.2, 0.25) is 0 Å². The van der Waals surface area contributed by atoms with Gasteiger partial charge in [-0.3, -0.25) is 0 Å². The smallest absolute Gasteiger partial charge is 0.319 e. The second-order valence-corrected chi connectivity index (χ2v) is 3.23. The molecule has 1 atom stereocenters. The molecule has 82 valence electrons. The fraction of sp³-hybridized carbons (Fsp3) is 0.300. The monoisotopic (exact) mass is 210 g/mol. The van der Waals surface area contributed by atoms with Crippen molar-refractivity contribution in [2.24, 2.45) is 0 Å². The standard InChI is InChI=1S/C10H14N2O3/c1-7(13)6-11-10(15)12-8-3-2-4-9(14)5-8/h2-5,7,13-14H,6H2,1H3,(H2,11,12,15). The lowest BCUT2D eigenvalue weighted by molar-refractivity contribution is 0.190.